The molecule has 0 radical (unpaired) electrons. The van der Waals surface area contributed by atoms with Crippen LogP contribution in [0.3, 0.4) is 0 Å². The molecule has 0 heterocycles. The van der Waals surface area contributed by atoms with Gasteiger partial charge in [-0.2, -0.15) is 0 Å². The van der Waals surface area contributed by atoms with Crippen molar-refractivity contribution in [3.8, 4) is 0 Å². The zero-order chi connectivity index (χ0) is 10.6. The third-order valence-corrected chi connectivity index (χ3v) is 2.29. The molecular formula is C14H26. The molecule has 0 aromatic carbocycles. The number of unbranched alkanes of at least 4 members (excludes halogenated alkanes) is 6. The van der Waals surface area contributed by atoms with Crippen LogP contribution < -0.4 is 0 Å². The summed E-state index contributed by atoms with van der Waals surface area (Å²) in [6.45, 7) is 6.53. The van der Waals surface area contributed by atoms with E-state index in [2.05, 4.69) is 39.0 Å². The number of rotatable bonds is 8. The molecule has 14 heavy (non-hydrogen) atoms. The van der Waals surface area contributed by atoms with Crippen LogP contribution >= 0.6 is 0 Å². The highest BCUT2D eigenvalue weighted by molar-refractivity contribution is 5.07. The Hall–Kier alpha value is -0.520. The van der Waals surface area contributed by atoms with Gasteiger partial charge in [0.2, 0.25) is 0 Å². The first kappa shape index (κ1) is 13.5. The van der Waals surface area contributed by atoms with Gasteiger partial charge in [0.25, 0.3) is 0 Å². The van der Waals surface area contributed by atoms with Crippen molar-refractivity contribution in [1.29, 1.82) is 0 Å². The van der Waals surface area contributed by atoms with E-state index in [9.17, 15) is 0 Å². The summed E-state index contributed by atoms with van der Waals surface area (Å²) >= 11 is 0. The normalized spacial score (nSPS) is 10.8. The summed E-state index contributed by atoms with van der Waals surface area (Å²) in [7, 11) is 0. The summed E-state index contributed by atoms with van der Waals surface area (Å²) in [4.78, 5) is 0. The maximum absolute atomic E-state index is 2.28. The quantitative estimate of drug-likeness (QED) is 0.365. The van der Waals surface area contributed by atoms with Crippen molar-refractivity contribution in [3.63, 3.8) is 0 Å². The minimum Gasteiger partial charge on any atom is -0.0845 e. The van der Waals surface area contributed by atoms with Crippen LogP contribution in [0.5, 0.6) is 0 Å². The second-order valence-corrected chi connectivity index (χ2v) is 4.23. The summed E-state index contributed by atoms with van der Waals surface area (Å²) in [5.41, 5.74) is 1.38. The first-order valence-corrected chi connectivity index (χ1v) is 6.07. The second-order valence-electron chi connectivity index (χ2n) is 4.23. The number of hydrogen-bond acceptors (Lipinski definition) is 0. The second kappa shape index (κ2) is 10.6. The molecule has 0 amide bonds. The van der Waals surface area contributed by atoms with Crippen molar-refractivity contribution in [2.45, 2.75) is 65.7 Å². The molecule has 0 spiro atoms. The van der Waals surface area contributed by atoms with Crippen LogP contribution in [0.4, 0.5) is 0 Å². The number of allylic oxidation sites excluding steroid dienone is 4. The summed E-state index contributed by atoms with van der Waals surface area (Å²) in [6.07, 6.45) is 16.3. The maximum Gasteiger partial charge on any atom is -0.0348 e. The minimum atomic E-state index is 1.25. The van der Waals surface area contributed by atoms with E-state index in [-0.39, 0.29) is 0 Å². The molecule has 0 bridgehead atoms. The average Bonchev–Trinajstić information content (AvgIpc) is 2.15. The highest BCUT2D eigenvalue weighted by Gasteiger charge is 1.87. The summed E-state index contributed by atoms with van der Waals surface area (Å²) in [6, 6.07) is 0. The zero-order valence-electron chi connectivity index (χ0n) is 10.2. The molecule has 0 heteroatoms. The van der Waals surface area contributed by atoms with Gasteiger partial charge in [0.1, 0.15) is 0 Å². The van der Waals surface area contributed by atoms with Gasteiger partial charge >= 0.3 is 0 Å². The minimum absolute atomic E-state index is 1.25. The van der Waals surface area contributed by atoms with Crippen LogP contribution in [0.2, 0.25) is 0 Å². The van der Waals surface area contributed by atoms with Gasteiger partial charge in [0, 0.05) is 0 Å². The maximum atomic E-state index is 2.28. The fourth-order valence-corrected chi connectivity index (χ4v) is 1.40. The topological polar surface area (TPSA) is 0 Å². The molecule has 0 aliphatic carbocycles. The van der Waals surface area contributed by atoms with Crippen molar-refractivity contribution >= 4 is 0 Å². The van der Waals surface area contributed by atoms with Crippen LogP contribution in [0, 0.1) is 0 Å². The van der Waals surface area contributed by atoms with Crippen LogP contribution in [0.25, 0.3) is 0 Å². The van der Waals surface area contributed by atoms with E-state index in [1.165, 1.54) is 50.5 Å². The molecule has 0 rings (SSSR count). The molecule has 0 saturated heterocycles. The zero-order valence-corrected chi connectivity index (χ0v) is 10.2. The van der Waals surface area contributed by atoms with Crippen LogP contribution in [-0.4, -0.2) is 0 Å². The van der Waals surface area contributed by atoms with Gasteiger partial charge in [-0.15, -0.1) is 0 Å². The van der Waals surface area contributed by atoms with Crippen LogP contribution in [0.15, 0.2) is 23.8 Å². The Morgan fingerprint density at radius 1 is 0.929 bits per heavy atom. The van der Waals surface area contributed by atoms with Gasteiger partial charge in [-0.3, -0.25) is 0 Å². The Kier molecular flexibility index (Phi) is 10.2. The largest absolute Gasteiger partial charge is 0.0845 e. The summed E-state index contributed by atoms with van der Waals surface area (Å²) in [5, 5.41) is 0. The van der Waals surface area contributed by atoms with Gasteiger partial charge < -0.3 is 0 Å². The van der Waals surface area contributed by atoms with E-state index < -0.39 is 0 Å². The summed E-state index contributed by atoms with van der Waals surface area (Å²) in [5.74, 6) is 0. The van der Waals surface area contributed by atoms with Gasteiger partial charge in [-0.25, -0.2) is 0 Å². The average molecular weight is 194 g/mol. The van der Waals surface area contributed by atoms with E-state index in [1.54, 1.807) is 0 Å². The van der Waals surface area contributed by atoms with E-state index in [1.807, 2.05) is 0 Å². The molecule has 0 atom stereocenters. The lowest BCUT2D eigenvalue weighted by Crippen LogP contribution is -1.77. The number of hydrogen-bond donors (Lipinski definition) is 0. The highest BCUT2D eigenvalue weighted by atomic mass is 13.9. The molecule has 0 fully saturated rings. The van der Waals surface area contributed by atoms with Gasteiger partial charge in [0.05, 0.1) is 0 Å². The Morgan fingerprint density at radius 2 is 1.57 bits per heavy atom. The van der Waals surface area contributed by atoms with Gasteiger partial charge in [-0.1, -0.05) is 62.8 Å². The van der Waals surface area contributed by atoms with Crippen molar-refractivity contribution in [1.82, 2.24) is 0 Å². The fraction of sp³-hybridized carbons (Fsp3) is 0.714. The van der Waals surface area contributed by atoms with Gasteiger partial charge in [-0.05, 0) is 26.7 Å². The lowest BCUT2D eigenvalue weighted by molar-refractivity contribution is 0.611. The van der Waals surface area contributed by atoms with E-state index in [4.69, 9.17) is 0 Å². The molecule has 0 saturated carbocycles. The van der Waals surface area contributed by atoms with Crippen LogP contribution in [0.1, 0.15) is 65.7 Å². The van der Waals surface area contributed by atoms with Crippen molar-refractivity contribution < 1.29 is 0 Å². The molecule has 0 aromatic rings. The monoisotopic (exact) mass is 194 g/mol. The van der Waals surface area contributed by atoms with Crippen molar-refractivity contribution in [2.75, 3.05) is 0 Å². The summed E-state index contributed by atoms with van der Waals surface area (Å²) < 4.78 is 0. The van der Waals surface area contributed by atoms with Gasteiger partial charge in [0.15, 0.2) is 0 Å². The lowest BCUT2D eigenvalue weighted by Gasteiger charge is -1.97. The molecule has 0 aliphatic heterocycles. The highest BCUT2D eigenvalue weighted by Crippen LogP contribution is 2.07. The van der Waals surface area contributed by atoms with E-state index >= 15 is 0 Å². The lowest BCUT2D eigenvalue weighted by atomic mass is 10.1. The molecule has 0 aromatic heterocycles. The smallest absolute Gasteiger partial charge is 0.0348 e. The van der Waals surface area contributed by atoms with Crippen molar-refractivity contribution in [3.05, 3.63) is 23.8 Å². The third kappa shape index (κ3) is 11.5. The molecule has 0 aliphatic rings. The molecular weight excluding hydrogens is 168 g/mol. The first-order chi connectivity index (χ1) is 6.77. The molecule has 0 N–H and O–H groups in total. The molecule has 82 valence electrons. The van der Waals surface area contributed by atoms with Crippen LogP contribution in [-0.2, 0) is 0 Å². The van der Waals surface area contributed by atoms with E-state index in [0.717, 1.165) is 0 Å². The van der Waals surface area contributed by atoms with Crippen molar-refractivity contribution in [2.24, 2.45) is 0 Å². The van der Waals surface area contributed by atoms with E-state index in [0.29, 0.717) is 0 Å². The first-order valence-electron chi connectivity index (χ1n) is 6.07. The SMILES string of the molecule is CCCCCCCC/C=C/C=C(C)C. The standard InChI is InChI=1S/C14H26/c1-4-5-6-7-8-9-10-11-12-13-14(2)3/h11-13H,4-10H2,1-3H3/b12-11+. The Bertz CT molecular complexity index is 159. The fourth-order valence-electron chi connectivity index (χ4n) is 1.40. The predicted octanol–water partition coefficient (Wildman–Crippen LogP) is 5.26. The molecule has 0 nitrogen and oxygen atoms in total. The Balaban J connectivity index is 3.13. The third-order valence-electron chi connectivity index (χ3n) is 2.29. The predicted molar refractivity (Wildman–Crippen MR) is 66.6 cm³/mol. The molecule has 0 unspecified atom stereocenters. The Morgan fingerprint density at radius 3 is 2.21 bits per heavy atom. The Labute approximate surface area is 90.1 Å².